The van der Waals surface area contributed by atoms with Crippen LogP contribution in [0.2, 0.25) is 0 Å². The van der Waals surface area contributed by atoms with Crippen LogP contribution in [-0.2, 0) is 4.79 Å². The van der Waals surface area contributed by atoms with E-state index in [1.165, 1.54) is 13.8 Å². The van der Waals surface area contributed by atoms with E-state index >= 15 is 0 Å². The van der Waals surface area contributed by atoms with E-state index in [-0.39, 0.29) is 17.7 Å². The Morgan fingerprint density at radius 2 is 1.47 bits per heavy atom. The molecule has 2 nitrogen and oxygen atoms in total. The van der Waals surface area contributed by atoms with Gasteiger partial charge >= 0.3 is 18.5 Å². The summed E-state index contributed by atoms with van der Waals surface area (Å²) >= 11 is 0. The van der Waals surface area contributed by atoms with Crippen molar-refractivity contribution in [3.63, 3.8) is 0 Å². The van der Waals surface area contributed by atoms with Gasteiger partial charge in [0.15, 0.2) is 0 Å². The van der Waals surface area contributed by atoms with Crippen LogP contribution >= 0.6 is 0 Å². The van der Waals surface area contributed by atoms with Crippen LogP contribution in [0.25, 0.3) is 0 Å². The molecular formula is C10H14F7NO. The monoisotopic (exact) mass is 297 g/mol. The van der Waals surface area contributed by atoms with Crippen LogP contribution in [0.3, 0.4) is 0 Å². The van der Waals surface area contributed by atoms with Gasteiger partial charge in [-0.3, -0.25) is 4.79 Å². The topological polar surface area (TPSA) is 20.3 Å². The molecule has 0 saturated heterocycles. The maximum absolute atomic E-state index is 12.9. The fraction of sp³-hybridized carbons (Fsp3) is 0.900. The Morgan fingerprint density at radius 1 is 1.05 bits per heavy atom. The number of alkyl halides is 7. The molecule has 0 unspecified atom stereocenters. The summed E-state index contributed by atoms with van der Waals surface area (Å²) in [6.07, 6.45) is -9.36. The van der Waals surface area contributed by atoms with Gasteiger partial charge in [-0.1, -0.05) is 13.8 Å². The Kier molecular flexibility index (Phi) is 6.08. The van der Waals surface area contributed by atoms with Crippen LogP contribution in [0.1, 0.15) is 26.7 Å². The van der Waals surface area contributed by atoms with Crippen molar-refractivity contribution in [1.29, 1.82) is 0 Å². The van der Waals surface area contributed by atoms with Crippen molar-refractivity contribution in [2.75, 3.05) is 6.54 Å². The first-order valence-electron chi connectivity index (χ1n) is 5.51. The summed E-state index contributed by atoms with van der Waals surface area (Å²) in [7, 11) is 0. The molecule has 0 heterocycles. The largest absolute Gasteiger partial charge is 0.406 e. The Labute approximate surface area is 105 Å². The average molecular weight is 297 g/mol. The minimum absolute atomic E-state index is 0.0440. The van der Waals surface area contributed by atoms with Gasteiger partial charge in [0, 0.05) is 6.04 Å². The van der Waals surface area contributed by atoms with Gasteiger partial charge in [-0.25, -0.2) is 8.78 Å². The molecule has 0 aliphatic rings. The van der Waals surface area contributed by atoms with Crippen LogP contribution < -0.4 is 0 Å². The van der Waals surface area contributed by atoms with Crippen LogP contribution in [0, 0.1) is 0 Å². The van der Waals surface area contributed by atoms with Crippen molar-refractivity contribution in [2.24, 2.45) is 0 Å². The first-order chi connectivity index (χ1) is 8.47. The zero-order valence-corrected chi connectivity index (χ0v) is 10.3. The lowest BCUT2D eigenvalue weighted by molar-refractivity contribution is -0.198. The number of carbonyl (C=O) groups is 1. The second-order valence-corrected chi connectivity index (χ2v) is 3.94. The van der Waals surface area contributed by atoms with E-state index in [1.54, 1.807) is 0 Å². The number of rotatable bonds is 6. The first-order valence-corrected chi connectivity index (χ1v) is 5.51. The molecule has 9 heteroatoms. The van der Waals surface area contributed by atoms with Crippen molar-refractivity contribution in [2.45, 2.75) is 51.3 Å². The molecule has 0 aromatic heterocycles. The molecule has 1 amide bonds. The van der Waals surface area contributed by atoms with Crippen LogP contribution in [0.5, 0.6) is 0 Å². The number of hydrogen-bond donors (Lipinski definition) is 0. The van der Waals surface area contributed by atoms with Gasteiger partial charge in [-0.05, 0) is 12.8 Å². The van der Waals surface area contributed by atoms with E-state index in [4.69, 9.17) is 0 Å². The molecule has 0 rings (SSSR count). The number of carbonyl (C=O) groups excluding carboxylic acids is 1. The van der Waals surface area contributed by atoms with Crippen molar-refractivity contribution in [3.05, 3.63) is 0 Å². The minimum Gasteiger partial charge on any atom is -0.325 e. The Bertz CT molecular complexity index is 299. The van der Waals surface area contributed by atoms with Crippen molar-refractivity contribution < 1.29 is 35.5 Å². The fourth-order valence-electron chi connectivity index (χ4n) is 1.57. The third-order valence-corrected chi connectivity index (χ3v) is 2.55. The highest BCUT2D eigenvalue weighted by Crippen LogP contribution is 2.29. The van der Waals surface area contributed by atoms with Gasteiger partial charge in [0.2, 0.25) is 0 Å². The molecule has 0 saturated carbocycles. The third kappa shape index (κ3) is 4.87. The quantitative estimate of drug-likeness (QED) is 0.687. The summed E-state index contributed by atoms with van der Waals surface area (Å²) in [5, 5.41) is 0. The predicted molar refractivity (Wildman–Crippen MR) is 53.1 cm³/mol. The summed E-state index contributed by atoms with van der Waals surface area (Å²) in [6, 6.07) is -1.17. The van der Waals surface area contributed by atoms with E-state index in [0.29, 0.717) is 0 Å². The molecule has 0 aromatic carbocycles. The SMILES string of the molecule is CCC(CC)N(CC(F)(F)F)C(=O)C(F)(F)C(F)F. The second kappa shape index (κ2) is 6.42. The smallest absolute Gasteiger partial charge is 0.325 e. The summed E-state index contributed by atoms with van der Waals surface area (Å²) in [4.78, 5) is 11.0. The maximum Gasteiger partial charge on any atom is 0.406 e. The highest BCUT2D eigenvalue weighted by molar-refractivity contribution is 5.84. The van der Waals surface area contributed by atoms with Crippen molar-refractivity contribution in [3.8, 4) is 0 Å². The second-order valence-electron chi connectivity index (χ2n) is 3.94. The Balaban J connectivity index is 5.30. The van der Waals surface area contributed by atoms with Crippen LogP contribution in [-0.4, -0.2) is 41.9 Å². The lowest BCUT2D eigenvalue weighted by Crippen LogP contribution is -2.54. The molecule has 0 fully saturated rings. The molecule has 0 spiro atoms. The zero-order valence-electron chi connectivity index (χ0n) is 10.3. The van der Waals surface area contributed by atoms with Crippen molar-refractivity contribution in [1.82, 2.24) is 4.90 Å². The van der Waals surface area contributed by atoms with Gasteiger partial charge in [-0.2, -0.15) is 22.0 Å². The normalized spacial score (nSPS) is 13.2. The molecule has 0 atom stereocenters. The van der Waals surface area contributed by atoms with Gasteiger partial charge < -0.3 is 4.90 Å². The van der Waals surface area contributed by atoms with E-state index in [2.05, 4.69) is 0 Å². The summed E-state index contributed by atoms with van der Waals surface area (Å²) in [6.45, 7) is 0.789. The summed E-state index contributed by atoms with van der Waals surface area (Å²) in [5.74, 6) is -7.61. The fourth-order valence-corrected chi connectivity index (χ4v) is 1.57. The average Bonchev–Trinajstić information content (AvgIpc) is 2.26. The van der Waals surface area contributed by atoms with Gasteiger partial charge in [0.25, 0.3) is 5.91 Å². The molecule has 19 heavy (non-hydrogen) atoms. The number of nitrogens with zero attached hydrogens (tertiary/aromatic N) is 1. The minimum atomic E-state index is -5.12. The maximum atomic E-state index is 12.9. The number of amides is 1. The molecule has 0 bridgehead atoms. The molecule has 0 aliphatic carbocycles. The van der Waals surface area contributed by atoms with E-state index in [9.17, 15) is 35.5 Å². The third-order valence-electron chi connectivity index (χ3n) is 2.55. The van der Waals surface area contributed by atoms with E-state index in [1.807, 2.05) is 0 Å². The van der Waals surface area contributed by atoms with Crippen molar-refractivity contribution >= 4 is 5.91 Å². The number of halogens is 7. The molecule has 114 valence electrons. The first kappa shape index (κ1) is 18.0. The zero-order chi connectivity index (χ0) is 15.4. The van der Waals surface area contributed by atoms with Gasteiger partial charge in [0.1, 0.15) is 6.54 Å². The van der Waals surface area contributed by atoms with Gasteiger partial charge in [-0.15, -0.1) is 0 Å². The molecule has 0 aromatic rings. The highest BCUT2D eigenvalue weighted by Gasteiger charge is 2.53. The molecule has 0 radical (unpaired) electrons. The summed E-state index contributed by atoms with van der Waals surface area (Å²) in [5.41, 5.74) is 0. The number of hydrogen-bond acceptors (Lipinski definition) is 1. The highest BCUT2D eigenvalue weighted by atomic mass is 19.4. The standard InChI is InChI=1S/C10H14F7NO/c1-3-6(4-2)18(5-9(13,14)15)8(19)10(16,17)7(11)12/h6-7H,3-5H2,1-2H3. The van der Waals surface area contributed by atoms with Crippen LogP contribution in [0.15, 0.2) is 0 Å². The van der Waals surface area contributed by atoms with E-state index < -0.39 is 37.0 Å². The van der Waals surface area contributed by atoms with E-state index in [0.717, 1.165) is 0 Å². The van der Waals surface area contributed by atoms with Gasteiger partial charge in [0.05, 0.1) is 0 Å². The molecular weight excluding hydrogens is 283 g/mol. The van der Waals surface area contributed by atoms with Crippen LogP contribution in [0.4, 0.5) is 30.7 Å². The Hall–Kier alpha value is -1.02. The summed E-state index contributed by atoms with van der Waals surface area (Å²) < 4.78 is 86.7. The predicted octanol–water partition coefficient (Wildman–Crippen LogP) is 3.47. The molecule has 0 N–H and O–H groups in total. The molecule has 0 aliphatic heterocycles. The Morgan fingerprint density at radius 3 is 1.74 bits per heavy atom. The lowest BCUT2D eigenvalue weighted by atomic mass is 10.1. The lowest BCUT2D eigenvalue weighted by Gasteiger charge is -2.33.